The summed E-state index contributed by atoms with van der Waals surface area (Å²) >= 11 is 0. The van der Waals surface area contributed by atoms with Crippen LogP contribution in [0.2, 0.25) is 0 Å². The molecule has 0 aliphatic heterocycles. The van der Waals surface area contributed by atoms with Crippen LogP contribution in [0.3, 0.4) is 0 Å². The molecular formula is C16H31N3O. The van der Waals surface area contributed by atoms with Gasteiger partial charge < -0.3 is 11.1 Å². The molecule has 2 saturated carbocycles. The molecule has 3 N–H and O–H groups in total. The van der Waals surface area contributed by atoms with E-state index in [9.17, 15) is 4.79 Å². The Morgan fingerprint density at radius 2 is 1.90 bits per heavy atom. The highest BCUT2D eigenvalue weighted by Gasteiger charge is 2.39. The molecule has 4 heteroatoms. The molecule has 0 bridgehead atoms. The van der Waals surface area contributed by atoms with Crippen LogP contribution in [0.1, 0.15) is 58.8 Å². The highest BCUT2D eigenvalue weighted by molar-refractivity contribution is 5.78. The van der Waals surface area contributed by atoms with Crippen LogP contribution in [0.4, 0.5) is 0 Å². The van der Waals surface area contributed by atoms with Gasteiger partial charge in [0.05, 0.1) is 6.54 Å². The molecule has 0 aromatic heterocycles. The van der Waals surface area contributed by atoms with E-state index in [1.54, 1.807) is 0 Å². The van der Waals surface area contributed by atoms with Gasteiger partial charge in [-0.3, -0.25) is 9.69 Å². The minimum atomic E-state index is 0.0569. The lowest BCUT2D eigenvalue weighted by atomic mass is 9.74. The van der Waals surface area contributed by atoms with Crippen molar-refractivity contribution in [2.75, 3.05) is 19.6 Å². The Labute approximate surface area is 123 Å². The second-order valence-corrected chi connectivity index (χ2v) is 6.64. The quantitative estimate of drug-likeness (QED) is 0.749. The minimum Gasteiger partial charge on any atom is -0.352 e. The zero-order valence-corrected chi connectivity index (χ0v) is 13.2. The zero-order chi connectivity index (χ0) is 14.6. The van der Waals surface area contributed by atoms with Crippen molar-refractivity contribution in [3.63, 3.8) is 0 Å². The minimum absolute atomic E-state index is 0.0569. The number of nitrogens with one attached hydrogen (secondary N) is 1. The predicted molar refractivity (Wildman–Crippen MR) is 82.4 cm³/mol. The molecule has 0 unspecified atom stereocenters. The third kappa shape index (κ3) is 3.73. The third-order valence-electron chi connectivity index (χ3n) is 5.32. The number of hydrogen-bond acceptors (Lipinski definition) is 3. The number of rotatable bonds is 7. The van der Waals surface area contributed by atoms with E-state index in [0.29, 0.717) is 19.1 Å². The number of carbonyl (C=O) groups excluding carboxylic acids is 1. The topological polar surface area (TPSA) is 58.4 Å². The average molecular weight is 281 g/mol. The fourth-order valence-corrected chi connectivity index (χ4v) is 3.56. The first-order chi connectivity index (χ1) is 9.63. The normalized spacial score (nSPS) is 30.5. The van der Waals surface area contributed by atoms with Crippen LogP contribution in [0.5, 0.6) is 0 Å². The highest BCUT2D eigenvalue weighted by atomic mass is 16.2. The summed E-state index contributed by atoms with van der Waals surface area (Å²) in [5, 5.41) is 3.10. The van der Waals surface area contributed by atoms with Gasteiger partial charge in [0.1, 0.15) is 0 Å². The van der Waals surface area contributed by atoms with E-state index >= 15 is 0 Å². The van der Waals surface area contributed by atoms with Gasteiger partial charge in [-0.2, -0.15) is 0 Å². The van der Waals surface area contributed by atoms with E-state index in [4.69, 9.17) is 5.73 Å². The summed E-state index contributed by atoms with van der Waals surface area (Å²) in [6.45, 7) is 6.52. The van der Waals surface area contributed by atoms with Crippen molar-refractivity contribution < 1.29 is 4.79 Å². The molecule has 0 saturated heterocycles. The number of likely N-dealkylation sites (N-methyl/N-ethyl adjacent to an activating group) is 1. The maximum atomic E-state index is 12.1. The van der Waals surface area contributed by atoms with Crippen LogP contribution >= 0.6 is 0 Å². The number of hydrogen-bond donors (Lipinski definition) is 2. The molecule has 4 nitrogen and oxygen atoms in total. The second-order valence-electron chi connectivity index (χ2n) is 6.64. The van der Waals surface area contributed by atoms with Crippen LogP contribution in [0.25, 0.3) is 0 Å². The fourth-order valence-electron chi connectivity index (χ4n) is 3.56. The number of carbonyl (C=O) groups is 1. The van der Waals surface area contributed by atoms with E-state index < -0.39 is 0 Å². The van der Waals surface area contributed by atoms with Crippen LogP contribution in [-0.4, -0.2) is 42.0 Å². The Hall–Kier alpha value is -0.610. The van der Waals surface area contributed by atoms with E-state index in [1.807, 2.05) is 0 Å². The molecule has 2 fully saturated rings. The summed E-state index contributed by atoms with van der Waals surface area (Å²) in [5.74, 6) is 1.04. The monoisotopic (exact) mass is 281 g/mol. The number of amides is 1. The molecule has 1 amide bonds. The van der Waals surface area contributed by atoms with Crippen molar-refractivity contribution in [2.24, 2.45) is 11.7 Å². The lowest BCUT2D eigenvalue weighted by molar-refractivity contribution is -0.124. The molecule has 0 aromatic carbocycles. The maximum Gasteiger partial charge on any atom is 0.234 e. The summed E-state index contributed by atoms with van der Waals surface area (Å²) < 4.78 is 0. The molecule has 0 atom stereocenters. The first-order valence-corrected chi connectivity index (χ1v) is 8.38. The van der Waals surface area contributed by atoms with Gasteiger partial charge in [0.25, 0.3) is 0 Å². The molecule has 20 heavy (non-hydrogen) atoms. The molecule has 2 rings (SSSR count). The molecule has 0 heterocycles. The van der Waals surface area contributed by atoms with Gasteiger partial charge in [0.2, 0.25) is 5.91 Å². The molecular weight excluding hydrogens is 250 g/mol. The van der Waals surface area contributed by atoms with Crippen LogP contribution in [0.15, 0.2) is 0 Å². The molecule has 0 spiro atoms. The molecule has 116 valence electrons. The van der Waals surface area contributed by atoms with Gasteiger partial charge in [-0.25, -0.2) is 0 Å². The lowest BCUT2D eigenvalue weighted by Crippen LogP contribution is -2.58. The number of nitrogens with zero attached hydrogens (tertiary/aromatic N) is 1. The maximum absolute atomic E-state index is 12.1. The van der Waals surface area contributed by atoms with Crippen LogP contribution in [0, 0.1) is 5.92 Å². The SMILES string of the molecule is CCC1CCC(CN)(N(CC)CC(=O)NC2CC2)CC1. The predicted octanol–water partition coefficient (Wildman–Crippen LogP) is 1.88. The molecule has 0 aromatic rings. The van der Waals surface area contributed by atoms with E-state index in [-0.39, 0.29) is 11.4 Å². The van der Waals surface area contributed by atoms with Gasteiger partial charge in [0.15, 0.2) is 0 Å². The Morgan fingerprint density at radius 3 is 2.35 bits per heavy atom. The van der Waals surface area contributed by atoms with Gasteiger partial charge in [-0.15, -0.1) is 0 Å². The standard InChI is InChI=1S/C16H31N3O/c1-3-13-7-9-16(12-17,10-8-13)19(4-2)11-15(20)18-14-5-6-14/h13-14H,3-12,17H2,1-2H3,(H,18,20). The zero-order valence-electron chi connectivity index (χ0n) is 13.2. The van der Waals surface area contributed by atoms with Crippen molar-refractivity contribution in [1.82, 2.24) is 10.2 Å². The Kier molecular flexibility index (Phi) is 5.44. The van der Waals surface area contributed by atoms with Crippen LogP contribution < -0.4 is 11.1 Å². The smallest absolute Gasteiger partial charge is 0.234 e. The van der Waals surface area contributed by atoms with Crippen molar-refractivity contribution in [1.29, 1.82) is 0 Å². The van der Waals surface area contributed by atoms with E-state index in [1.165, 1.54) is 19.3 Å². The van der Waals surface area contributed by atoms with Crippen LogP contribution in [-0.2, 0) is 4.79 Å². The second kappa shape index (κ2) is 6.90. The van der Waals surface area contributed by atoms with E-state index in [0.717, 1.165) is 38.1 Å². The lowest BCUT2D eigenvalue weighted by Gasteiger charge is -2.47. The fraction of sp³-hybridized carbons (Fsp3) is 0.938. The Morgan fingerprint density at radius 1 is 1.25 bits per heavy atom. The van der Waals surface area contributed by atoms with Gasteiger partial charge in [-0.05, 0) is 51.0 Å². The van der Waals surface area contributed by atoms with Crippen molar-refractivity contribution in [2.45, 2.75) is 70.4 Å². The summed E-state index contributed by atoms with van der Waals surface area (Å²) in [6, 6.07) is 0.450. The summed E-state index contributed by atoms with van der Waals surface area (Å²) in [6.07, 6.45) is 8.38. The van der Waals surface area contributed by atoms with Gasteiger partial charge in [-0.1, -0.05) is 20.3 Å². The molecule has 2 aliphatic rings. The third-order valence-corrected chi connectivity index (χ3v) is 5.32. The Balaban J connectivity index is 1.93. The highest BCUT2D eigenvalue weighted by Crippen LogP contribution is 2.37. The Bertz CT molecular complexity index is 320. The van der Waals surface area contributed by atoms with Crippen molar-refractivity contribution in [3.05, 3.63) is 0 Å². The summed E-state index contributed by atoms with van der Waals surface area (Å²) in [7, 11) is 0. The van der Waals surface area contributed by atoms with Gasteiger partial charge in [0, 0.05) is 18.1 Å². The first kappa shape index (κ1) is 15.8. The van der Waals surface area contributed by atoms with Gasteiger partial charge >= 0.3 is 0 Å². The summed E-state index contributed by atoms with van der Waals surface area (Å²) in [5.41, 5.74) is 6.17. The van der Waals surface area contributed by atoms with Crippen molar-refractivity contribution >= 4 is 5.91 Å². The van der Waals surface area contributed by atoms with Crippen molar-refractivity contribution in [3.8, 4) is 0 Å². The van der Waals surface area contributed by atoms with E-state index in [2.05, 4.69) is 24.1 Å². The molecule has 0 radical (unpaired) electrons. The summed E-state index contributed by atoms with van der Waals surface area (Å²) in [4.78, 5) is 14.4. The first-order valence-electron chi connectivity index (χ1n) is 8.38. The average Bonchev–Trinajstić information content (AvgIpc) is 3.28. The number of nitrogens with two attached hydrogens (primary N) is 1. The largest absolute Gasteiger partial charge is 0.352 e. The molecule has 2 aliphatic carbocycles.